The zero-order valence-corrected chi connectivity index (χ0v) is 15.8. The average molecular weight is 378 g/mol. The Labute approximate surface area is 157 Å². The van der Waals surface area contributed by atoms with E-state index in [1.165, 1.54) is 5.69 Å². The largest absolute Gasteiger partial charge is 0.372 e. The topological polar surface area (TPSA) is 67.6 Å². The highest BCUT2D eigenvalue weighted by molar-refractivity contribution is 5.85. The molecule has 1 aliphatic heterocycles. The van der Waals surface area contributed by atoms with Gasteiger partial charge in [0.2, 0.25) is 5.91 Å². The second kappa shape index (κ2) is 12.4. The summed E-state index contributed by atoms with van der Waals surface area (Å²) in [5, 5.41) is 2.97. The molecule has 24 heavy (non-hydrogen) atoms. The number of nitrogens with one attached hydrogen (secondary N) is 1. The Morgan fingerprint density at radius 1 is 1.29 bits per heavy atom. The van der Waals surface area contributed by atoms with Crippen LogP contribution in [0, 0.1) is 0 Å². The van der Waals surface area contributed by atoms with Gasteiger partial charge in [0.1, 0.15) is 6.10 Å². The number of carbonyl (C=O) groups is 1. The Morgan fingerprint density at radius 3 is 2.58 bits per heavy atom. The van der Waals surface area contributed by atoms with Crippen molar-refractivity contribution in [1.29, 1.82) is 0 Å². The highest BCUT2D eigenvalue weighted by Crippen LogP contribution is 2.18. The number of rotatable bonds is 8. The molecule has 0 aromatic heterocycles. The van der Waals surface area contributed by atoms with Gasteiger partial charge in [0.25, 0.3) is 0 Å². The number of para-hydroxylation sites is 1. The first-order valence-electron chi connectivity index (χ1n) is 8.17. The Balaban J connectivity index is 0.00000264. The highest BCUT2D eigenvalue weighted by atomic mass is 35.5. The summed E-state index contributed by atoms with van der Waals surface area (Å²) in [5.74, 6) is -0.00119. The zero-order valence-electron chi connectivity index (χ0n) is 14.1. The van der Waals surface area contributed by atoms with E-state index < -0.39 is 0 Å². The van der Waals surface area contributed by atoms with Crippen molar-refractivity contribution in [3.8, 4) is 0 Å². The average Bonchev–Trinajstić information content (AvgIpc) is 3.05. The van der Waals surface area contributed by atoms with E-state index in [1.807, 2.05) is 18.2 Å². The first kappa shape index (κ1) is 23.0. The summed E-state index contributed by atoms with van der Waals surface area (Å²) in [5.41, 5.74) is 6.78. The molecular formula is C17H29Cl2N3O2. The van der Waals surface area contributed by atoms with Gasteiger partial charge >= 0.3 is 0 Å². The van der Waals surface area contributed by atoms with E-state index in [-0.39, 0.29) is 42.9 Å². The predicted octanol–water partition coefficient (Wildman–Crippen LogP) is 2.37. The lowest BCUT2D eigenvalue weighted by Crippen LogP contribution is -2.37. The van der Waals surface area contributed by atoms with Gasteiger partial charge in [-0.2, -0.15) is 0 Å². The molecule has 3 N–H and O–H groups in total. The molecule has 1 aromatic rings. The summed E-state index contributed by atoms with van der Waals surface area (Å²) in [6.45, 7) is 5.20. The Morgan fingerprint density at radius 2 is 2.00 bits per heavy atom. The molecule has 0 bridgehead atoms. The van der Waals surface area contributed by atoms with Crippen LogP contribution in [0.5, 0.6) is 0 Å². The van der Waals surface area contributed by atoms with Crippen LogP contribution in [0.3, 0.4) is 0 Å². The van der Waals surface area contributed by atoms with E-state index in [0.717, 1.165) is 32.4 Å². The number of nitrogens with two attached hydrogens (primary N) is 1. The zero-order chi connectivity index (χ0) is 15.8. The number of carbonyl (C=O) groups excluding carboxylic acids is 1. The highest BCUT2D eigenvalue weighted by Gasteiger charge is 2.29. The van der Waals surface area contributed by atoms with Gasteiger partial charge in [0, 0.05) is 31.9 Å². The number of nitrogens with zero attached hydrogens (tertiary/aromatic N) is 1. The SMILES string of the molecule is CCN(CCCNC(=O)[C@@H]1CC[C@H](CN)O1)c1ccccc1.Cl.Cl. The number of hydrogen-bond acceptors (Lipinski definition) is 4. The van der Waals surface area contributed by atoms with E-state index in [2.05, 4.69) is 29.3 Å². The molecule has 1 aromatic carbocycles. The van der Waals surface area contributed by atoms with E-state index >= 15 is 0 Å². The normalized spacial score (nSPS) is 19.1. The van der Waals surface area contributed by atoms with Gasteiger partial charge in [-0.15, -0.1) is 24.8 Å². The number of amides is 1. The van der Waals surface area contributed by atoms with Gasteiger partial charge in [-0.05, 0) is 38.3 Å². The number of benzene rings is 1. The predicted molar refractivity (Wildman–Crippen MR) is 103 cm³/mol. The van der Waals surface area contributed by atoms with Gasteiger partial charge in [-0.3, -0.25) is 4.79 Å². The van der Waals surface area contributed by atoms with Crippen molar-refractivity contribution < 1.29 is 9.53 Å². The number of anilines is 1. The smallest absolute Gasteiger partial charge is 0.249 e. The fourth-order valence-electron chi connectivity index (χ4n) is 2.78. The molecule has 1 amide bonds. The van der Waals surface area contributed by atoms with E-state index in [9.17, 15) is 4.79 Å². The van der Waals surface area contributed by atoms with Crippen LogP contribution in [0.25, 0.3) is 0 Å². The summed E-state index contributed by atoms with van der Waals surface area (Å²) in [7, 11) is 0. The molecule has 2 atom stereocenters. The van der Waals surface area contributed by atoms with Gasteiger partial charge in [0.05, 0.1) is 6.10 Å². The van der Waals surface area contributed by atoms with Crippen molar-refractivity contribution in [2.45, 2.75) is 38.4 Å². The van der Waals surface area contributed by atoms with Gasteiger partial charge in [-0.1, -0.05) is 18.2 Å². The van der Waals surface area contributed by atoms with Crippen LogP contribution in [-0.2, 0) is 9.53 Å². The van der Waals surface area contributed by atoms with Gasteiger partial charge in [-0.25, -0.2) is 0 Å². The van der Waals surface area contributed by atoms with Crippen LogP contribution in [0.4, 0.5) is 5.69 Å². The molecule has 1 fully saturated rings. The minimum atomic E-state index is -0.315. The van der Waals surface area contributed by atoms with Crippen LogP contribution in [0.15, 0.2) is 30.3 Å². The minimum absolute atomic E-state index is 0. The van der Waals surface area contributed by atoms with Gasteiger partial charge in [0.15, 0.2) is 0 Å². The summed E-state index contributed by atoms with van der Waals surface area (Å²) in [6.07, 6.45) is 2.31. The standard InChI is InChI=1S/C17H27N3O2.2ClH/c1-2-20(14-7-4-3-5-8-14)12-6-11-19-17(21)16-10-9-15(13-18)22-16;;/h3-5,7-8,15-16H,2,6,9-13,18H2,1H3,(H,19,21);2*1H/t15-,16+;;/m1../s1. The van der Waals surface area contributed by atoms with E-state index in [4.69, 9.17) is 10.5 Å². The molecule has 0 radical (unpaired) electrons. The Kier molecular flexibility index (Phi) is 11.8. The molecule has 0 saturated carbocycles. The molecule has 1 saturated heterocycles. The summed E-state index contributed by atoms with van der Waals surface area (Å²) < 4.78 is 5.59. The quantitative estimate of drug-likeness (QED) is 0.682. The fourth-order valence-corrected chi connectivity index (χ4v) is 2.78. The van der Waals surface area contributed by atoms with Crippen LogP contribution >= 0.6 is 24.8 Å². The first-order chi connectivity index (χ1) is 10.7. The Bertz CT molecular complexity index is 462. The molecule has 0 aliphatic carbocycles. The molecule has 7 heteroatoms. The molecule has 0 spiro atoms. The second-order valence-corrected chi connectivity index (χ2v) is 5.62. The fraction of sp³-hybridized carbons (Fsp3) is 0.588. The van der Waals surface area contributed by atoms with Crippen molar-refractivity contribution in [3.63, 3.8) is 0 Å². The Hall–Kier alpha value is -1.01. The molecular weight excluding hydrogens is 349 g/mol. The van der Waals surface area contributed by atoms with E-state index in [1.54, 1.807) is 0 Å². The van der Waals surface area contributed by atoms with E-state index in [0.29, 0.717) is 13.1 Å². The lowest BCUT2D eigenvalue weighted by Gasteiger charge is -2.23. The van der Waals surface area contributed by atoms with Crippen LogP contribution < -0.4 is 16.0 Å². The van der Waals surface area contributed by atoms with Crippen LogP contribution in [-0.4, -0.2) is 44.3 Å². The van der Waals surface area contributed by atoms with Crippen molar-refractivity contribution in [2.24, 2.45) is 5.73 Å². The monoisotopic (exact) mass is 377 g/mol. The maximum atomic E-state index is 12.0. The van der Waals surface area contributed by atoms with Crippen molar-refractivity contribution in [2.75, 3.05) is 31.1 Å². The number of hydrogen-bond donors (Lipinski definition) is 2. The summed E-state index contributed by atoms with van der Waals surface area (Å²) in [4.78, 5) is 14.3. The minimum Gasteiger partial charge on any atom is -0.372 e. The molecule has 2 rings (SSSR count). The number of halogens is 2. The lowest BCUT2D eigenvalue weighted by molar-refractivity contribution is -0.131. The van der Waals surface area contributed by atoms with Crippen molar-refractivity contribution >= 4 is 36.4 Å². The third-order valence-electron chi connectivity index (χ3n) is 4.07. The number of ether oxygens (including phenoxy) is 1. The van der Waals surface area contributed by atoms with Crippen LogP contribution in [0.2, 0.25) is 0 Å². The van der Waals surface area contributed by atoms with Crippen LogP contribution in [0.1, 0.15) is 26.2 Å². The molecule has 1 heterocycles. The maximum absolute atomic E-state index is 12.0. The summed E-state index contributed by atoms with van der Waals surface area (Å²) in [6, 6.07) is 10.3. The molecule has 5 nitrogen and oxygen atoms in total. The van der Waals surface area contributed by atoms with Crippen molar-refractivity contribution in [3.05, 3.63) is 30.3 Å². The second-order valence-electron chi connectivity index (χ2n) is 5.62. The molecule has 0 unspecified atom stereocenters. The third kappa shape index (κ3) is 6.85. The summed E-state index contributed by atoms with van der Waals surface area (Å²) >= 11 is 0. The maximum Gasteiger partial charge on any atom is 0.249 e. The third-order valence-corrected chi connectivity index (χ3v) is 4.07. The van der Waals surface area contributed by atoms with Crippen molar-refractivity contribution in [1.82, 2.24) is 5.32 Å². The molecule has 138 valence electrons. The molecule has 1 aliphatic rings. The lowest BCUT2D eigenvalue weighted by atomic mass is 10.2. The van der Waals surface area contributed by atoms with Gasteiger partial charge < -0.3 is 20.7 Å². The first-order valence-corrected chi connectivity index (χ1v) is 8.17.